The molecular weight excluding hydrogens is 296 g/mol. The molecule has 3 N–H and O–H groups in total. The fourth-order valence-corrected chi connectivity index (χ4v) is 3.66. The normalized spacial score (nSPS) is 23.4. The Morgan fingerprint density at radius 3 is 2.90 bits per heavy atom. The molecule has 0 bridgehead atoms. The van der Waals surface area contributed by atoms with Crippen LogP contribution in [0.15, 0.2) is 29.2 Å². The molecule has 5 nitrogen and oxygen atoms in total. The average molecular weight is 314 g/mol. The van der Waals surface area contributed by atoms with Crippen molar-refractivity contribution in [3.8, 4) is 0 Å². The van der Waals surface area contributed by atoms with E-state index >= 15 is 0 Å². The molecule has 1 aliphatic rings. The topological polar surface area (TPSA) is 81.4 Å². The zero-order valence-corrected chi connectivity index (χ0v) is 12.8. The van der Waals surface area contributed by atoms with Crippen molar-refractivity contribution in [2.45, 2.75) is 36.8 Å². The molecule has 0 aromatic heterocycles. The Balaban J connectivity index is 2.17. The van der Waals surface area contributed by atoms with Crippen LogP contribution < -0.4 is 10.5 Å². The van der Waals surface area contributed by atoms with E-state index < -0.39 is 10.0 Å². The largest absolute Gasteiger partial charge is 0.389 e. The minimum absolute atomic E-state index is 0.0689. The first kappa shape index (κ1) is 15.4. The molecule has 0 amide bonds. The van der Waals surface area contributed by atoms with Gasteiger partial charge in [0.1, 0.15) is 4.99 Å². The van der Waals surface area contributed by atoms with E-state index in [4.69, 9.17) is 22.7 Å². The summed E-state index contributed by atoms with van der Waals surface area (Å²) < 4.78 is 32.8. The Bertz CT molecular complexity index is 601. The summed E-state index contributed by atoms with van der Waals surface area (Å²) in [7, 11) is -3.56. The van der Waals surface area contributed by atoms with Crippen LogP contribution in [0.1, 0.15) is 25.3 Å². The van der Waals surface area contributed by atoms with Gasteiger partial charge in [-0.05, 0) is 31.9 Å². The molecule has 2 unspecified atom stereocenters. The third-order valence-electron chi connectivity index (χ3n) is 3.24. The summed E-state index contributed by atoms with van der Waals surface area (Å²) in [5, 5.41) is 0. The van der Waals surface area contributed by atoms with Gasteiger partial charge in [0, 0.05) is 18.2 Å². The van der Waals surface area contributed by atoms with Crippen molar-refractivity contribution < 1.29 is 13.2 Å². The van der Waals surface area contributed by atoms with E-state index in [1.54, 1.807) is 12.1 Å². The van der Waals surface area contributed by atoms with E-state index in [-0.39, 0.29) is 22.0 Å². The Morgan fingerprint density at radius 2 is 2.25 bits per heavy atom. The minimum atomic E-state index is -3.56. The lowest BCUT2D eigenvalue weighted by molar-refractivity contribution is 0.0173. The second-order valence-corrected chi connectivity index (χ2v) is 7.07. The van der Waals surface area contributed by atoms with E-state index in [0.717, 1.165) is 0 Å². The van der Waals surface area contributed by atoms with Gasteiger partial charge in [0.25, 0.3) is 0 Å². The standard InChI is InChI=1S/C13H18N2O3S2/c1-9-7-11(5-6-18-9)15-20(16,17)12-4-2-3-10(8-12)13(14)19/h2-4,8-9,11,15H,5-7H2,1H3,(H2,14,19). The zero-order chi connectivity index (χ0) is 14.8. The van der Waals surface area contributed by atoms with Gasteiger partial charge >= 0.3 is 0 Å². The first-order valence-electron chi connectivity index (χ1n) is 6.42. The van der Waals surface area contributed by atoms with Gasteiger partial charge in [-0.15, -0.1) is 0 Å². The Hall–Kier alpha value is -1.02. The molecule has 1 fully saturated rings. The maximum Gasteiger partial charge on any atom is 0.240 e. The smallest absolute Gasteiger partial charge is 0.240 e. The molecule has 2 atom stereocenters. The van der Waals surface area contributed by atoms with Crippen LogP contribution in [-0.2, 0) is 14.8 Å². The number of nitrogens with one attached hydrogen (secondary N) is 1. The molecule has 0 radical (unpaired) electrons. The van der Waals surface area contributed by atoms with Gasteiger partial charge in [0.2, 0.25) is 10.0 Å². The number of ether oxygens (including phenoxy) is 1. The van der Waals surface area contributed by atoms with Crippen molar-refractivity contribution in [1.82, 2.24) is 4.72 Å². The highest BCUT2D eigenvalue weighted by atomic mass is 32.2. The number of thiocarbonyl (C=S) groups is 1. The molecule has 1 saturated heterocycles. The van der Waals surface area contributed by atoms with Crippen LogP contribution in [0.25, 0.3) is 0 Å². The predicted molar refractivity (Wildman–Crippen MR) is 81.1 cm³/mol. The summed E-state index contributed by atoms with van der Waals surface area (Å²) in [5.74, 6) is 0. The van der Waals surface area contributed by atoms with Gasteiger partial charge < -0.3 is 10.5 Å². The molecule has 1 heterocycles. The highest BCUT2D eigenvalue weighted by Crippen LogP contribution is 2.17. The number of rotatable bonds is 4. The molecular formula is C13H18N2O3S2. The SMILES string of the molecule is CC1CC(NS(=O)(=O)c2cccc(C(N)=S)c2)CCO1. The maximum atomic E-state index is 12.3. The lowest BCUT2D eigenvalue weighted by Crippen LogP contribution is -2.41. The van der Waals surface area contributed by atoms with Gasteiger partial charge in [-0.1, -0.05) is 24.4 Å². The first-order chi connectivity index (χ1) is 9.38. The molecule has 20 heavy (non-hydrogen) atoms. The fraction of sp³-hybridized carbons (Fsp3) is 0.462. The second kappa shape index (κ2) is 6.17. The third-order valence-corrected chi connectivity index (χ3v) is 4.99. The highest BCUT2D eigenvalue weighted by molar-refractivity contribution is 7.89. The van der Waals surface area contributed by atoms with Gasteiger partial charge in [-0.2, -0.15) is 0 Å². The number of sulfonamides is 1. The minimum Gasteiger partial charge on any atom is -0.389 e. The van der Waals surface area contributed by atoms with Crippen molar-refractivity contribution in [2.24, 2.45) is 5.73 Å². The van der Waals surface area contributed by atoms with Crippen LogP contribution in [-0.4, -0.2) is 32.2 Å². The van der Waals surface area contributed by atoms with Crippen LogP contribution in [0.3, 0.4) is 0 Å². The summed E-state index contributed by atoms with van der Waals surface area (Å²) in [6.45, 7) is 2.51. The summed E-state index contributed by atoms with van der Waals surface area (Å²) in [4.78, 5) is 0.365. The Kier molecular flexibility index (Phi) is 4.74. The molecule has 1 aromatic rings. The van der Waals surface area contributed by atoms with Crippen molar-refractivity contribution in [3.63, 3.8) is 0 Å². The van der Waals surface area contributed by atoms with Crippen molar-refractivity contribution in [1.29, 1.82) is 0 Å². The number of hydrogen-bond acceptors (Lipinski definition) is 4. The van der Waals surface area contributed by atoms with Crippen LogP contribution in [0.4, 0.5) is 0 Å². The predicted octanol–water partition coefficient (Wildman–Crippen LogP) is 1.17. The second-order valence-electron chi connectivity index (χ2n) is 4.92. The third kappa shape index (κ3) is 3.76. The zero-order valence-electron chi connectivity index (χ0n) is 11.2. The maximum absolute atomic E-state index is 12.3. The van der Waals surface area contributed by atoms with Crippen molar-refractivity contribution >= 4 is 27.2 Å². The molecule has 2 rings (SSSR count). The van der Waals surface area contributed by atoms with Gasteiger partial charge in [0.05, 0.1) is 11.0 Å². The van der Waals surface area contributed by atoms with E-state index in [1.165, 1.54) is 12.1 Å². The van der Waals surface area contributed by atoms with Crippen LogP contribution >= 0.6 is 12.2 Å². The molecule has 110 valence electrons. The number of hydrogen-bond donors (Lipinski definition) is 2. The van der Waals surface area contributed by atoms with E-state index in [0.29, 0.717) is 25.0 Å². The molecule has 1 aliphatic heterocycles. The van der Waals surface area contributed by atoms with Crippen LogP contribution in [0, 0.1) is 0 Å². The molecule has 0 spiro atoms. The van der Waals surface area contributed by atoms with E-state index in [2.05, 4.69) is 4.72 Å². The van der Waals surface area contributed by atoms with Crippen LogP contribution in [0.2, 0.25) is 0 Å². The lowest BCUT2D eigenvalue weighted by Gasteiger charge is -2.27. The average Bonchev–Trinajstić information content (AvgIpc) is 2.38. The first-order valence-corrected chi connectivity index (χ1v) is 8.31. The summed E-state index contributed by atoms with van der Waals surface area (Å²) >= 11 is 4.87. The van der Waals surface area contributed by atoms with Crippen LogP contribution in [0.5, 0.6) is 0 Å². The molecule has 0 aliphatic carbocycles. The number of nitrogens with two attached hydrogens (primary N) is 1. The molecule has 0 saturated carbocycles. The molecule has 1 aromatic carbocycles. The number of benzene rings is 1. The monoisotopic (exact) mass is 314 g/mol. The highest BCUT2D eigenvalue weighted by Gasteiger charge is 2.25. The van der Waals surface area contributed by atoms with E-state index in [1.807, 2.05) is 6.92 Å². The molecule has 7 heteroatoms. The Morgan fingerprint density at radius 1 is 1.50 bits per heavy atom. The summed E-state index contributed by atoms with van der Waals surface area (Å²) in [6, 6.07) is 6.26. The van der Waals surface area contributed by atoms with Crippen molar-refractivity contribution in [3.05, 3.63) is 29.8 Å². The van der Waals surface area contributed by atoms with E-state index in [9.17, 15) is 8.42 Å². The van der Waals surface area contributed by atoms with Gasteiger partial charge in [0.15, 0.2) is 0 Å². The summed E-state index contributed by atoms with van der Waals surface area (Å²) in [5.41, 5.74) is 6.07. The summed E-state index contributed by atoms with van der Waals surface area (Å²) in [6.07, 6.45) is 1.42. The Labute approximate surface area is 124 Å². The van der Waals surface area contributed by atoms with Crippen molar-refractivity contribution in [2.75, 3.05) is 6.61 Å². The van der Waals surface area contributed by atoms with Gasteiger partial charge in [-0.25, -0.2) is 13.1 Å². The quantitative estimate of drug-likeness (QED) is 0.815. The fourth-order valence-electron chi connectivity index (χ4n) is 2.21. The van der Waals surface area contributed by atoms with Gasteiger partial charge in [-0.3, -0.25) is 0 Å². The lowest BCUT2D eigenvalue weighted by atomic mass is 10.1.